The Labute approximate surface area is 166 Å². The van der Waals surface area contributed by atoms with Crippen LogP contribution in [0.3, 0.4) is 0 Å². The van der Waals surface area contributed by atoms with Crippen molar-refractivity contribution < 1.29 is 27.8 Å². The summed E-state index contributed by atoms with van der Waals surface area (Å²) in [6.45, 7) is 2.43. The van der Waals surface area contributed by atoms with Gasteiger partial charge in [-0.15, -0.1) is 0 Å². The van der Waals surface area contributed by atoms with E-state index < -0.39 is 12.5 Å². The molecule has 0 saturated heterocycles. The predicted molar refractivity (Wildman–Crippen MR) is 100 cm³/mol. The van der Waals surface area contributed by atoms with Crippen molar-refractivity contribution in [1.29, 1.82) is 0 Å². The maximum Gasteiger partial charge on any atom is 0.332 e. The van der Waals surface area contributed by atoms with Gasteiger partial charge >= 0.3 is 5.97 Å². The molecule has 2 atom stereocenters. The molecule has 6 heteroatoms. The van der Waals surface area contributed by atoms with Crippen molar-refractivity contribution in [3.05, 3.63) is 0 Å². The average molecular weight is 401 g/mol. The first kappa shape index (κ1) is 20.5. The summed E-state index contributed by atoms with van der Waals surface area (Å²) < 4.78 is 44.1. The zero-order valence-electron chi connectivity index (χ0n) is 17.2. The molecule has 0 aromatic rings. The van der Waals surface area contributed by atoms with Crippen molar-refractivity contribution >= 4 is 5.97 Å². The number of halogens is 2. The SMILES string of the molecule is CC(F)(F)COC1C2CC3CC1CC(OCC(=O)OC1(C)CCCCC1)(C3)C2. The number of carbonyl (C=O) groups is 1. The second-order valence-corrected chi connectivity index (χ2v) is 10.3. The predicted octanol–water partition coefficient (Wildman–Crippen LogP) is 4.89. The van der Waals surface area contributed by atoms with Crippen molar-refractivity contribution in [2.24, 2.45) is 17.8 Å². The van der Waals surface area contributed by atoms with Crippen LogP contribution in [-0.2, 0) is 19.0 Å². The maximum absolute atomic E-state index is 13.2. The number of ether oxygens (including phenoxy) is 3. The Morgan fingerprint density at radius 2 is 1.71 bits per heavy atom. The first-order valence-corrected chi connectivity index (χ1v) is 11.0. The van der Waals surface area contributed by atoms with Crippen LogP contribution in [0, 0.1) is 17.8 Å². The van der Waals surface area contributed by atoms with Gasteiger partial charge in [0.15, 0.2) is 0 Å². The third-order valence-electron chi connectivity index (χ3n) is 7.43. The van der Waals surface area contributed by atoms with E-state index in [9.17, 15) is 13.6 Å². The Morgan fingerprint density at radius 3 is 2.32 bits per heavy atom. The lowest BCUT2D eigenvalue weighted by Crippen LogP contribution is -2.59. The molecule has 5 saturated carbocycles. The number of hydrogen-bond acceptors (Lipinski definition) is 4. The molecular formula is C22H34F2O4. The number of hydrogen-bond donors (Lipinski definition) is 0. The molecule has 28 heavy (non-hydrogen) atoms. The van der Waals surface area contributed by atoms with Crippen LogP contribution in [0.25, 0.3) is 0 Å². The molecule has 5 rings (SSSR count). The first-order chi connectivity index (χ1) is 13.2. The van der Waals surface area contributed by atoms with E-state index in [-0.39, 0.29) is 41.7 Å². The zero-order chi connectivity index (χ0) is 20.0. The second kappa shape index (κ2) is 7.50. The minimum atomic E-state index is -2.79. The molecule has 0 radical (unpaired) electrons. The summed E-state index contributed by atoms with van der Waals surface area (Å²) >= 11 is 0. The van der Waals surface area contributed by atoms with Gasteiger partial charge in [0.25, 0.3) is 5.92 Å². The second-order valence-electron chi connectivity index (χ2n) is 10.3. The van der Waals surface area contributed by atoms with Gasteiger partial charge < -0.3 is 14.2 Å². The third-order valence-corrected chi connectivity index (χ3v) is 7.43. The molecule has 5 aliphatic carbocycles. The third kappa shape index (κ3) is 4.53. The molecule has 4 nitrogen and oxygen atoms in total. The number of carbonyl (C=O) groups excluding carboxylic acids is 1. The average Bonchev–Trinajstić information content (AvgIpc) is 2.58. The number of alkyl halides is 2. The van der Waals surface area contributed by atoms with Crippen molar-refractivity contribution in [3.63, 3.8) is 0 Å². The molecule has 0 aromatic heterocycles. The van der Waals surface area contributed by atoms with Gasteiger partial charge in [-0.25, -0.2) is 13.6 Å². The van der Waals surface area contributed by atoms with Crippen molar-refractivity contribution in [2.45, 2.75) is 101 Å². The van der Waals surface area contributed by atoms with E-state index in [4.69, 9.17) is 14.2 Å². The minimum Gasteiger partial charge on any atom is -0.458 e. The lowest BCUT2D eigenvalue weighted by molar-refractivity contribution is -0.228. The first-order valence-electron chi connectivity index (χ1n) is 11.0. The van der Waals surface area contributed by atoms with Crippen molar-refractivity contribution in [3.8, 4) is 0 Å². The summed E-state index contributed by atoms with van der Waals surface area (Å²) in [6, 6.07) is 0. The molecule has 0 aromatic carbocycles. The molecule has 0 spiro atoms. The van der Waals surface area contributed by atoms with E-state index in [0.717, 1.165) is 64.7 Å². The van der Waals surface area contributed by atoms with Gasteiger partial charge in [0, 0.05) is 6.92 Å². The summed E-state index contributed by atoms with van der Waals surface area (Å²) in [6.07, 6.45) is 9.85. The lowest BCUT2D eigenvalue weighted by atomic mass is 9.53. The standard InChI is InChI=1S/C22H34F2O4/c1-20(6-4-3-5-7-20)28-18(25)13-27-22-10-15-8-16(11-22)19(17(9-15)12-22)26-14-21(2,23)24/h15-17,19H,3-14H2,1-2H3. The van der Waals surface area contributed by atoms with Gasteiger partial charge in [-0.3, -0.25) is 0 Å². The summed E-state index contributed by atoms with van der Waals surface area (Å²) in [4.78, 5) is 12.4. The van der Waals surface area contributed by atoms with E-state index in [0.29, 0.717) is 5.92 Å². The highest BCUT2D eigenvalue weighted by molar-refractivity contribution is 5.71. The fraction of sp³-hybridized carbons (Fsp3) is 0.955. The monoisotopic (exact) mass is 400 g/mol. The van der Waals surface area contributed by atoms with Gasteiger partial charge in [0.1, 0.15) is 18.8 Å². The van der Waals surface area contributed by atoms with Crippen LogP contribution in [0.5, 0.6) is 0 Å². The normalized spacial score (nSPS) is 39.1. The van der Waals surface area contributed by atoms with Gasteiger partial charge in [0.05, 0.1) is 11.7 Å². The Balaban J connectivity index is 1.32. The Kier molecular flexibility index (Phi) is 5.49. The smallest absolute Gasteiger partial charge is 0.332 e. The van der Waals surface area contributed by atoms with E-state index in [1.807, 2.05) is 6.92 Å². The fourth-order valence-corrected chi connectivity index (χ4v) is 6.51. The van der Waals surface area contributed by atoms with Crippen LogP contribution in [0.2, 0.25) is 0 Å². The van der Waals surface area contributed by atoms with E-state index in [1.54, 1.807) is 0 Å². The fourth-order valence-electron chi connectivity index (χ4n) is 6.51. The van der Waals surface area contributed by atoms with E-state index >= 15 is 0 Å². The summed E-state index contributed by atoms with van der Waals surface area (Å²) in [5.74, 6) is -1.96. The van der Waals surface area contributed by atoms with E-state index in [1.165, 1.54) is 6.42 Å². The van der Waals surface area contributed by atoms with Crippen LogP contribution >= 0.6 is 0 Å². The minimum absolute atomic E-state index is 0.000303. The van der Waals surface area contributed by atoms with Crippen LogP contribution in [0.15, 0.2) is 0 Å². The van der Waals surface area contributed by atoms with Gasteiger partial charge in [0.2, 0.25) is 0 Å². The highest BCUT2D eigenvalue weighted by Crippen LogP contribution is 2.58. The molecule has 0 heterocycles. The van der Waals surface area contributed by atoms with Crippen LogP contribution < -0.4 is 0 Å². The quantitative estimate of drug-likeness (QED) is 0.571. The van der Waals surface area contributed by atoms with E-state index in [2.05, 4.69) is 0 Å². The highest BCUT2D eigenvalue weighted by Gasteiger charge is 2.57. The maximum atomic E-state index is 13.2. The van der Waals surface area contributed by atoms with Gasteiger partial charge in [-0.05, 0) is 82.5 Å². The largest absolute Gasteiger partial charge is 0.458 e. The zero-order valence-corrected chi connectivity index (χ0v) is 17.2. The summed E-state index contributed by atoms with van der Waals surface area (Å²) in [5, 5.41) is 0. The molecule has 2 unspecified atom stereocenters. The van der Waals surface area contributed by atoms with Crippen molar-refractivity contribution in [1.82, 2.24) is 0 Å². The summed E-state index contributed by atoms with van der Waals surface area (Å²) in [5.41, 5.74) is -0.637. The highest BCUT2D eigenvalue weighted by atomic mass is 19.3. The Morgan fingerprint density at radius 1 is 1.07 bits per heavy atom. The molecule has 0 N–H and O–H groups in total. The summed E-state index contributed by atoms with van der Waals surface area (Å²) in [7, 11) is 0. The molecule has 5 aliphatic rings. The molecule has 0 amide bonds. The van der Waals surface area contributed by atoms with Crippen molar-refractivity contribution in [2.75, 3.05) is 13.2 Å². The van der Waals surface area contributed by atoms with Crippen LogP contribution in [-0.4, -0.2) is 42.4 Å². The Hall–Kier alpha value is -0.750. The van der Waals surface area contributed by atoms with Gasteiger partial charge in [-0.2, -0.15) is 0 Å². The molecule has 5 fully saturated rings. The van der Waals surface area contributed by atoms with Crippen LogP contribution in [0.4, 0.5) is 8.78 Å². The Bertz CT molecular complexity index is 566. The lowest BCUT2D eigenvalue weighted by Gasteiger charge is -2.59. The topological polar surface area (TPSA) is 44.8 Å². The molecule has 160 valence electrons. The molecule has 0 aliphatic heterocycles. The number of rotatable bonds is 7. The molecule has 4 bridgehead atoms. The van der Waals surface area contributed by atoms with Gasteiger partial charge in [-0.1, -0.05) is 6.42 Å². The van der Waals surface area contributed by atoms with Crippen LogP contribution in [0.1, 0.15) is 78.1 Å². The molecular weight excluding hydrogens is 366 g/mol. The number of esters is 1.